The summed E-state index contributed by atoms with van der Waals surface area (Å²) in [6, 6.07) is 4.50. The summed E-state index contributed by atoms with van der Waals surface area (Å²) in [5, 5.41) is 11.9. The maximum Gasteiger partial charge on any atom is 0.513 e. The molecule has 1 unspecified atom stereocenters. The van der Waals surface area contributed by atoms with Crippen LogP contribution < -0.4 is 5.32 Å². The molecule has 0 spiro atoms. The molecule has 0 amide bonds. The minimum Gasteiger partial charge on any atom is -0.432 e. The van der Waals surface area contributed by atoms with Crippen molar-refractivity contribution in [2.24, 2.45) is 0 Å². The number of carbonyl (C=O) groups is 2. The largest absolute Gasteiger partial charge is 0.513 e. The molecule has 2 rings (SSSR count). The van der Waals surface area contributed by atoms with Crippen molar-refractivity contribution in [2.75, 3.05) is 13.2 Å². The second kappa shape index (κ2) is 11.4. The standard InChI is InChI=1S/C21H23F3N2O9/c1-11(2)33-20(28)35-18-13(4)25-12(3)17(34-19(27)31-9-10-32-26(29)30)16(18)14-7-5-6-8-15(14)21(22,23)24/h5-8,11,16,25H,9-10H2,1-4H3. The molecule has 0 aliphatic carbocycles. The maximum absolute atomic E-state index is 13.8. The molecule has 35 heavy (non-hydrogen) atoms. The monoisotopic (exact) mass is 504 g/mol. The van der Waals surface area contributed by atoms with E-state index in [1.54, 1.807) is 13.8 Å². The van der Waals surface area contributed by atoms with Crippen molar-refractivity contribution < 1.29 is 51.6 Å². The number of alkyl halides is 3. The van der Waals surface area contributed by atoms with Crippen LogP contribution in [0.1, 0.15) is 44.7 Å². The minimum absolute atomic E-state index is 0.132. The average molecular weight is 504 g/mol. The number of benzene rings is 1. The van der Waals surface area contributed by atoms with Gasteiger partial charge < -0.3 is 29.1 Å². The summed E-state index contributed by atoms with van der Waals surface area (Å²) in [6.45, 7) is 4.82. The van der Waals surface area contributed by atoms with Crippen molar-refractivity contribution in [3.8, 4) is 0 Å². The van der Waals surface area contributed by atoms with Gasteiger partial charge in [0.25, 0.3) is 5.09 Å². The van der Waals surface area contributed by atoms with Gasteiger partial charge in [-0.25, -0.2) is 9.59 Å². The van der Waals surface area contributed by atoms with Gasteiger partial charge in [0.2, 0.25) is 0 Å². The van der Waals surface area contributed by atoms with Crippen molar-refractivity contribution in [1.29, 1.82) is 0 Å². The fraction of sp³-hybridized carbons (Fsp3) is 0.429. The van der Waals surface area contributed by atoms with Crippen LogP contribution in [0, 0.1) is 10.1 Å². The van der Waals surface area contributed by atoms with Crippen LogP contribution in [-0.2, 0) is 30.0 Å². The molecule has 11 nitrogen and oxygen atoms in total. The van der Waals surface area contributed by atoms with Gasteiger partial charge in [-0.15, -0.1) is 10.1 Å². The van der Waals surface area contributed by atoms with Gasteiger partial charge in [-0.1, -0.05) is 18.2 Å². The van der Waals surface area contributed by atoms with E-state index in [9.17, 15) is 32.9 Å². The second-order valence-corrected chi connectivity index (χ2v) is 7.40. The Hall–Kier alpha value is -3.97. The zero-order chi connectivity index (χ0) is 26.3. The first-order valence-electron chi connectivity index (χ1n) is 10.2. The van der Waals surface area contributed by atoms with E-state index in [1.807, 2.05) is 0 Å². The first-order valence-corrected chi connectivity index (χ1v) is 10.2. The molecule has 0 saturated carbocycles. The summed E-state index contributed by atoms with van der Waals surface area (Å²) in [4.78, 5) is 38.6. The molecule has 192 valence electrons. The number of carbonyl (C=O) groups excluding carboxylic acids is 2. The normalized spacial score (nSPS) is 15.9. The number of dihydropyridines is 1. The first-order chi connectivity index (χ1) is 16.3. The number of hydrogen-bond acceptors (Lipinski definition) is 10. The lowest BCUT2D eigenvalue weighted by Crippen LogP contribution is -2.30. The van der Waals surface area contributed by atoms with Crippen LogP contribution in [0.4, 0.5) is 22.8 Å². The maximum atomic E-state index is 13.8. The predicted octanol–water partition coefficient (Wildman–Crippen LogP) is 4.78. The predicted molar refractivity (Wildman–Crippen MR) is 111 cm³/mol. The van der Waals surface area contributed by atoms with Crippen molar-refractivity contribution in [1.82, 2.24) is 5.32 Å². The SMILES string of the molecule is CC1=C(OC(=O)OCCO[N+](=O)[O-])C(c2ccccc2C(F)(F)F)C(OC(=O)OC(C)C)=C(C)N1. The highest BCUT2D eigenvalue weighted by atomic mass is 19.4. The van der Waals surface area contributed by atoms with Gasteiger partial charge in [-0.2, -0.15) is 13.2 Å². The molecular weight excluding hydrogens is 481 g/mol. The third kappa shape index (κ3) is 7.52. The highest BCUT2D eigenvalue weighted by molar-refractivity contribution is 5.65. The molecular formula is C21H23F3N2O9. The fourth-order valence-electron chi connectivity index (χ4n) is 3.18. The molecule has 1 N–H and O–H groups in total. The zero-order valence-corrected chi connectivity index (χ0v) is 19.1. The summed E-state index contributed by atoms with van der Waals surface area (Å²) in [5.74, 6) is -2.14. The molecule has 0 aromatic heterocycles. The molecule has 1 aromatic rings. The van der Waals surface area contributed by atoms with E-state index in [0.29, 0.717) is 0 Å². The third-order valence-electron chi connectivity index (χ3n) is 4.43. The van der Waals surface area contributed by atoms with Crippen molar-refractivity contribution >= 4 is 12.3 Å². The van der Waals surface area contributed by atoms with E-state index in [2.05, 4.69) is 10.2 Å². The van der Waals surface area contributed by atoms with E-state index in [0.717, 1.165) is 12.1 Å². The van der Waals surface area contributed by atoms with E-state index in [-0.39, 0.29) is 28.5 Å². The summed E-state index contributed by atoms with van der Waals surface area (Å²) in [5.41, 5.74) is -1.12. The number of allylic oxidation sites excluding steroid dienone is 2. The van der Waals surface area contributed by atoms with Crippen molar-refractivity contribution in [3.63, 3.8) is 0 Å². The van der Waals surface area contributed by atoms with Crippen molar-refractivity contribution in [3.05, 3.63) is 68.4 Å². The van der Waals surface area contributed by atoms with Crippen LogP contribution in [0.25, 0.3) is 0 Å². The molecule has 0 fully saturated rings. The average Bonchev–Trinajstić information content (AvgIpc) is 2.73. The number of ether oxygens (including phenoxy) is 4. The van der Waals surface area contributed by atoms with E-state index in [4.69, 9.17) is 18.9 Å². The molecule has 0 bridgehead atoms. The van der Waals surface area contributed by atoms with Gasteiger partial charge in [-0.3, -0.25) is 0 Å². The summed E-state index contributed by atoms with van der Waals surface area (Å²) in [6.07, 6.45) is -7.92. The Labute approximate surface area is 197 Å². The number of halogens is 3. The molecule has 14 heteroatoms. The Morgan fingerprint density at radius 3 is 2.17 bits per heavy atom. The van der Waals surface area contributed by atoms with Crippen LogP contribution in [0.3, 0.4) is 0 Å². The van der Waals surface area contributed by atoms with Crippen LogP contribution >= 0.6 is 0 Å². The lowest BCUT2D eigenvalue weighted by Gasteiger charge is -2.31. The second-order valence-electron chi connectivity index (χ2n) is 7.40. The Morgan fingerprint density at radius 2 is 1.63 bits per heavy atom. The fourth-order valence-corrected chi connectivity index (χ4v) is 3.18. The topological polar surface area (TPSA) is 135 Å². The third-order valence-corrected chi connectivity index (χ3v) is 4.43. The van der Waals surface area contributed by atoms with Crippen molar-refractivity contribution in [2.45, 2.75) is 45.9 Å². The lowest BCUT2D eigenvalue weighted by atomic mass is 9.87. The zero-order valence-electron chi connectivity index (χ0n) is 19.1. The molecule has 0 saturated heterocycles. The summed E-state index contributed by atoms with van der Waals surface area (Å²) < 4.78 is 61.6. The Morgan fingerprint density at radius 1 is 1.06 bits per heavy atom. The first kappa shape index (κ1) is 27.3. The minimum atomic E-state index is -4.79. The summed E-state index contributed by atoms with van der Waals surface area (Å²) in [7, 11) is 0. The molecule has 1 aromatic carbocycles. The Balaban J connectivity index is 2.48. The number of nitrogens with zero attached hydrogens (tertiary/aromatic N) is 1. The molecule has 1 atom stereocenters. The smallest absolute Gasteiger partial charge is 0.432 e. The van der Waals surface area contributed by atoms with Gasteiger partial charge in [0, 0.05) is 0 Å². The number of rotatable bonds is 8. The van der Waals surface area contributed by atoms with E-state index < -0.39 is 54.4 Å². The lowest BCUT2D eigenvalue weighted by molar-refractivity contribution is -0.757. The highest BCUT2D eigenvalue weighted by Gasteiger charge is 2.42. The van der Waals surface area contributed by atoms with Gasteiger partial charge >= 0.3 is 18.5 Å². The van der Waals surface area contributed by atoms with Gasteiger partial charge in [-0.05, 0) is 39.3 Å². The summed E-state index contributed by atoms with van der Waals surface area (Å²) >= 11 is 0. The van der Waals surface area contributed by atoms with Gasteiger partial charge in [0.1, 0.15) is 30.6 Å². The molecule has 1 aliphatic rings. The molecule has 1 aliphatic heterocycles. The van der Waals surface area contributed by atoms with Crippen LogP contribution in [0.5, 0.6) is 0 Å². The highest BCUT2D eigenvalue weighted by Crippen LogP contribution is 2.44. The molecule has 0 radical (unpaired) electrons. The molecule has 1 heterocycles. The number of hydrogen-bond donors (Lipinski definition) is 1. The number of nitrogens with one attached hydrogen (secondary N) is 1. The Kier molecular flexibility index (Phi) is 8.92. The van der Waals surface area contributed by atoms with Crippen LogP contribution in [-0.4, -0.2) is 36.7 Å². The van der Waals surface area contributed by atoms with Crippen LogP contribution in [0.15, 0.2) is 47.2 Å². The van der Waals surface area contributed by atoms with Crippen LogP contribution in [0.2, 0.25) is 0 Å². The Bertz CT molecular complexity index is 1040. The van der Waals surface area contributed by atoms with E-state index in [1.165, 1.54) is 26.0 Å². The quantitative estimate of drug-likeness (QED) is 0.228. The van der Waals surface area contributed by atoms with E-state index >= 15 is 0 Å². The van der Waals surface area contributed by atoms with Gasteiger partial charge in [0.15, 0.2) is 0 Å². The van der Waals surface area contributed by atoms with Gasteiger partial charge in [0.05, 0.1) is 23.1 Å².